The molecule has 0 aliphatic rings. The second-order valence-electron chi connectivity index (χ2n) is 6.52. The van der Waals surface area contributed by atoms with Gasteiger partial charge < -0.3 is 0 Å². The highest BCUT2D eigenvalue weighted by atomic mass is 19.2. The summed E-state index contributed by atoms with van der Waals surface area (Å²) in [5.41, 5.74) is 5.21. The van der Waals surface area contributed by atoms with Gasteiger partial charge in [-0.3, -0.25) is 0 Å². The van der Waals surface area contributed by atoms with E-state index in [2.05, 4.69) is 43.0 Å². The summed E-state index contributed by atoms with van der Waals surface area (Å²) in [6.45, 7) is 2.07. The van der Waals surface area contributed by atoms with Gasteiger partial charge >= 0.3 is 0 Å². The van der Waals surface area contributed by atoms with E-state index in [1.54, 1.807) is 12.1 Å². The van der Waals surface area contributed by atoms with Crippen molar-refractivity contribution in [2.75, 3.05) is 0 Å². The molecule has 130 valence electrons. The predicted octanol–water partition coefficient (Wildman–Crippen LogP) is 6.49. The minimum absolute atomic E-state index is 0.635. The molecule has 0 saturated heterocycles. The molecule has 0 amide bonds. The highest BCUT2D eigenvalue weighted by molar-refractivity contribution is 5.84. The summed E-state index contributed by atoms with van der Waals surface area (Å²) in [6.07, 6.45) is 0. The summed E-state index contributed by atoms with van der Waals surface area (Å²) in [5, 5.41) is 1.29. The molecule has 4 aromatic rings. The Kier molecular flexibility index (Phi) is 4.44. The van der Waals surface area contributed by atoms with Gasteiger partial charge in [-0.25, -0.2) is 8.78 Å². The number of rotatable bonds is 1. The molecule has 4 rings (SSSR count). The van der Waals surface area contributed by atoms with Gasteiger partial charge in [-0.15, -0.1) is 0 Å². The van der Waals surface area contributed by atoms with Crippen LogP contribution in [-0.4, -0.2) is 0 Å². The number of fused-ring (bicyclic) bond motifs is 1. The van der Waals surface area contributed by atoms with Crippen LogP contribution in [0.2, 0.25) is 0 Å². The lowest BCUT2D eigenvalue weighted by Crippen LogP contribution is -1.85. The van der Waals surface area contributed by atoms with E-state index in [0.717, 1.165) is 16.7 Å². The average molecular weight is 354 g/mol. The molecule has 2 heteroatoms. The molecule has 0 radical (unpaired) electrons. The van der Waals surface area contributed by atoms with Crippen LogP contribution in [0.25, 0.3) is 21.9 Å². The van der Waals surface area contributed by atoms with Crippen molar-refractivity contribution in [1.82, 2.24) is 0 Å². The molecule has 0 heterocycles. The third-order valence-electron chi connectivity index (χ3n) is 4.50. The number of halogens is 2. The highest BCUT2D eigenvalue weighted by Crippen LogP contribution is 2.21. The third kappa shape index (κ3) is 3.73. The van der Waals surface area contributed by atoms with E-state index in [4.69, 9.17) is 0 Å². The quantitative estimate of drug-likeness (QED) is 0.343. The molecule has 0 aromatic heterocycles. The van der Waals surface area contributed by atoms with Crippen molar-refractivity contribution in [3.63, 3.8) is 0 Å². The summed E-state index contributed by atoms with van der Waals surface area (Å²) in [5.74, 6) is 4.52. The molecule has 0 unspecified atom stereocenters. The van der Waals surface area contributed by atoms with Gasteiger partial charge in [-0.2, -0.15) is 0 Å². The maximum absolute atomic E-state index is 13.4. The summed E-state index contributed by atoms with van der Waals surface area (Å²) in [7, 11) is 0. The standard InChI is InChI=1S/C25H16F2/c1-17-2-9-20(10-3-17)21-11-6-18(7-12-21)4-5-19-8-13-22-15-24(26)25(27)16-23(22)14-19/h2-3,6-16H,1H3. The molecular formula is C25H16F2. The normalized spacial score (nSPS) is 10.5. The van der Waals surface area contributed by atoms with Crippen molar-refractivity contribution in [3.05, 3.63) is 107 Å². The molecule has 0 aliphatic carbocycles. The van der Waals surface area contributed by atoms with Gasteiger partial charge in [0.05, 0.1) is 0 Å². The molecule has 0 bridgehead atoms. The fraction of sp³-hybridized carbons (Fsp3) is 0.0400. The zero-order valence-electron chi connectivity index (χ0n) is 14.8. The van der Waals surface area contributed by atoms with E-state index >= 15 is 0 Å². The van der Waals surface area contributed by atoms with Crippen molar-refractivity contribution in [3.8, 4) is 23.0 Å². The number of hydrogen-bond donors (Lipinski definition) is 0. The Balaban J connectivity index is 1.59. The van der Waals surface area contributed by atoms with Gasteiger partial charge in [0.15, 0.2) is 11.6 Å². The maximum atomic E-state index is 13.4. The first-order chi connectivity index (χ1) is 13.1. The van der Waals surface area contributed by atoms with Gasteiger partial charge in [0.2, 0.25) is 0 Å². The topological polar surface area (TPSA) is 0 Å². The van der Waals surface area contributed by atoms with Gasteiger partial charge in [-0.1, -0.05) is 59.9 Å². The van der Waals surface area contributed by atoms with Crippen molar-refractivity contribution < 1.29 is 8.78 Å². The van der Waals surface area contributed by atoms with Crippen LogP contribution in [0.4, 0.5) is 8.78 Å². The minimum Gasteiger partial charge on any atom is -0.204 e. The van der Waals surface area contributed by atoms with E-state index in [9.17, 15) is 8.78 Å². The van der Waals surface area contributed by atoms with E-state index < -0.39 is 11.6 Å². The highest BCUT2D eigenvalue weighted by Gasteiger charge is 2.04. The second-order valence-corrected chi connectivity index (χ2v) is 6.52. The van der Waals surface area contributed by atoms with E-state index in [1.165, 1.54) is 23.3 Å². The van der Waals surface area contributed by atoms with Crippen LogP contribution in [0.5, 0.6) is 0 Å². The van der Waals surface area contributed by atoms with Crippen molar-refractivity contribution in [2.45, 2.75) is 6.92 Å². The van der Waals surface area contributed by atoms with Crippen molar-refractivity contribution in [2.24, 2.45) is 0 Å². The van der Waals surface area contributed by atoms with Gasteiger partial charge in [0.1, 0.15) is 0 Å². The van der Waals surface area contributed by atoms with Gasteiger partial charge in [0.25, 0.3) is 0 Å². The van der Waals surface area contributed by atoms with Crippen LogP contribution < -0.4 is 0 Å². The Morgan fingerprint density at radius 3 is 1.74 bits per heavy atom. The molecule has 0 fully saturated rings. The number of benzene rings is 4. The molecule has 4 aromatic carbocycles. The van der Waals surface area contributed by atoms with Crippen LogP contribution in [-0.2, 0) is 0 Å². The first-order valence-corrected chi connectivity index (χ1v) is 8.66. The SMILES string of the molecule is Cc1ccc(-c2ccc(C#Cc3ccc4cc(F)c(F)cc4c3)cc2)cc1. The maximum Gasteiger partial charge on any atom is 0.159 e. The number of aryl methyl sites for hydroxylation is 1. The first kappa shape index (κ1) is 17.0. The monoisotopic (exact) mass is 354 g/mol. The lowest BCUT2D eigenvalue weighted by atomic mass is 10.0. The lowest BCUT2D eigenvalue weighted by Gasteiger charge is -2.02. The third-order valence-corrected chi connectivity index (χ3v) is 4.50. The number of hydrogen-bond acceptors (Lipinski definition) is 0. The zero-order valence-corrected chi connectivity index (χ0v) is 14.8. The van der Waals surface area contributed by atoms with E-state index in [1.807, 2.05) is 30.3 Å². The minimum atomic E-state index is -0.848. The predicted molar refractivity (Wildman–Crippen MR) is 106 cm³/mol. The van der Waals surface area contributed by atoms with Gasteiger partial charge in [0, 0.05) is 11.1 Å². The Hall–Kier alpha value is -3.44. The van der Waals surface area contributed by atoms with Crippen LogP contribution in [0.15, 0.2) is 78.9 Å². The summed E-state index contributed by atoms with van der Waals surface area (Å²) < 4.78 is 26.7. The van der Waals surface area contributed by atoms with Crippen LogP contribution in [0.3, 0.4) is 0 Å². The largest absolute Gasteiger partial charge is 0.204 e. The smallest absolute Gasteiger partial charge is 0.159 e. The Morgan fingerprint density at radius 2 is 1.07 bits per heavy atom. The van der Waals surface area contributed by atoms with Crippen LogP contribution in [0, 0.1) is 30.4 Å². The van der Waals surface area contributed by atoms with Crippen molar-refractivity contribution >= 4 is 10.8 Å². The molecule has 0 saturated carbocycles. The molecule has 27 heavy (non-hydrogen) atoms. The van der Waals surface area contributed by atoms with Crippen LogP contribution >= 0.6 is 0 Å². The zero-order chi connectivity index (χ0) is 18.8. The molecule has 0 nitrogen and oxygen atoms in total. The molecular weight excluding hydrogens is 338 g/mol. The fourth-order valence-corrected chi connectivity index (χ4v) is 2.96. The second kappa shape index (κ2) is 7.05. The lowest BCUT2D eigenvalue weighted by molar-refractivity contribution is 0.511. The Labute approximate surface area is 157 Å². The summed E-state index contributed by atoms with van der Waals surface area (Å²) in [6, 6.07) is 24.2. The first-order valence-electron chi connectivity index (χ1n) is 8.66. The van der Waals surface area contributed by atoms with E-state index in [0.29, 0.717) is 10.8 Å². The summed E-state index contributed by atoms with van der Waals surface area (Å²) in [4.78, 5) is 0. The van der Waals surface area contributed by atoms with Gasteiger partial charge in [-0.05, 0) is 65.2 Å². The summed E-state index contributed by atoms with van der Waals surface area (Å²) >= 11 is 0. The Morgan fingerprint density at radius 1 is 0.556 bits per heavy atom. The molecule has 0 N–H and O–H groups in total. The Bertz CT molecular complexity index is 1180. The molecule has 0 aliphatic heterocycles. The molecule has 0 spiro atoms. The van der Waals surface area contributed by atoms with E-state index in [-0.39, 0.29) is 0 Å². The van der Waals surface area contributed by atoms with Crippen molar-refractivity contribution in [1.29, 1.82) is 0 Å². The average Bonchev–Trinajstić information content (AvgIpc) is 2.68. The van der Waals surface area contributed by atoms with Crippen LogP contribution in [0.1, 0.15) is 16.7 Å². The fourth-order valence-electron chi connectivity index (χ4n) is 2.96. The molecule has 0 atom stereocenters.